The molecule has 1 N–H and O–H groups in total. The normalized spacial score (nSPS) is 13.9. The first-order valence-corrected chi connectivity index (χ1v) is 7.03. The lowest BCUT2D eigenvalue weighted by Crippen LogP contribution is -2.32. The number of carbonyl (C=O) groups excluding carboxylic acids is 1. The number of halogens is 4. The van der Waals surface area contributed by atoms with Gasteiger partial charge in [-0.05, 0) is 24.0 Å². The Morgan fingerprint density at radius 2 is 1.81 bits per heavy atom. The van der Waals surface area contributed by atoms with Crippen LogP contribution in [0.15, 0.2) is 24.3 Å². The lowest BCUT2D eigenvalue weighted by molar-refractivity contribution is -0.137. The van der Waals surface area contributed by atoms with E-state index in [0.717, 1.165) is 12.1 Å². The summed E-state index contributed by atoms with van der Waals surface area (Å²) < 4.78 is 38.5. The molecule has 0 aliphatic heterocycles. The maximum Gasteiger partial charge on any atom is 0.417 e. The molecule has 0 heterocycles. The fourth-order valence-corrected chi connectivity index (χ4v) is 2.50. The Bertz CT molecular complexity index is 494. The summed E-state index contributed by atoms with van der Waals surface area (Å²) >= 11 is 6.09. The van der Waals surface area contributed by atoms with E-state index in [-0.39, 0.29) is 22.9 Å². The number of hydrogen-bond donors (Lipinski definition) is 1. The highest BCUT2D eigenvalue weighted by molar-refractivity contribution is 6.21. The van der Waals surface area contributed by atoms with Gasteiger partial charge in [-0.25, -0.2) is 0 Å². The lowest BCUT2D eigenvalue weighted by Gasteiger charge is -2.22. The maximum atomic E-state index is 12.8. The summed E-state index contributed by atoms with van der Waals surface area (Å²) in [6.45, 7) is 6.14. The van der Waals surface area contributed by atoms with Crippen LogP contribution < -0.4 is 5.32 Å². The number of rotatable bonds is 4. The SMILES string of the molecule is CC(C)(C)CC(Cl)CNC(=O)c1ccccc1C(F)(F)F. The molecule has 6 heteroatoms. The molecule has 2 nitrogen and oxygen atoms in total. The van der Waals surface area contributed by atoms with Gasteiger partial charge in [0.15, 0.2) is 0 Å². The van der Waals surface area contributed by atoms with Gasteiger partial charge in [0.2, 0.25) is 0 Å². The molecule has 0 bridgehead atoms. The third-order valence-corrected chi connectivity index (χ3v) is 3.10. The fraction of sp³-hybridized carbons (Fsp3) is 0.533. The molecule has 0 radical (unpaired) electrons. The summed E-state index contributed by atoms with van der Waals surface area (Å²) in [6.07, 6.45) is -3.91. The van der Waals surface area contributed by atoms with Crippen LogP contribution in [0.2, 0.25) is 0 Å². The smallest absolute Gasteiger partial charge is 0.351 e. The number of hydrogen-bond acceptors (Lipinski definition) is 1. The average molecular weight is 322 g/mol. The molecule has 0 aliphatic carbocycles. The molecular weight excluding hydrogens is 303 g/mol. The minimum atomic E-state index is -4.56. The molecule has 1 amide bonds. The van der Waals surface area contributed by atoms with E-state index >= 15 is 0 Å². The summed E-state index contributed by atoms with van der Waals surface area (Å²) in [7, 11) is 0. The van der Waals surface area contributed by atoms with E-state index in [1.54, 1.807) is 0 Å². The number of benzene rings is 1. The fourth-order valence-electron chi connectivity index (χ4n) is 1.96. The van der Waals surface area contributed by atoms with Crippen molar-refractivity contribution in [3.63, 3.8) is 0 Å². The zero-order valence-electron chi connectivity index (χ0n) is 12.2. The Balaban J connectivity index is 2.73. The van der Waals surface area contributed by atoms with Crippen LogP contribution in [0.1, 0.15) is 43.1 Å². The van der Waals surface area contributed by atoms with Crippen LogP contribution in [0.3, 0.4) is 0 Å². The zero-order chi connectivity index (χ0) is 16.3. The quantitative estimate of drug-likeness (QED) is 0.814. The first kappa shape index (κ1) is 17.8. The van der Waals surface area contributed by atoms with Crippen LogP contribution in [0.25, 0.3) is 0 Å². The zero-order valence-corrected chi connectivity index (χ0v) is 13.0. The van der Waals surface area contributed by atoms with Gasteiger partial charge in [0.1, 0.15) is 0 Å². The second-order valence-corrected chi connectivity index (χ2v) is 6.73. The molecule has 1 atom stereocenters. The van der Waals surface area contributed by atoms with Gasteiger partial charge in [0.05, 0.1) is 16.5 Å². The Hall–Kier alpha value is -1.23. The van der Waals surface area contributed by atoms with Crippen molar-refractivity contribution in [3.8, 4) is 0 Å². The van der Waals surface area contributed by atoms with Crippen LogP contribution >= 0.6 is 11.6 Å². The molecule has 0 saturated carbocycles. The Morgan fingerprint density at radius 1 is 1.24 bits per heavy atom. The topological polar surface area (TPSA) is 29.1 Å². The van der Waals surface area contributed by atoms with E-state index in [1.807, 2.05) is 20.8 Å². The second kappa shape index (κ2) is 6.69. The molecule has 1 unspecified atom stereocenters. The van der Waals surface area contributed by atoms with Crippen LogP contribution in [-0.2, 0) is 6.18 Å². The van der Waals surface area contributed by atoms with Crippen LogP contribution in [0.4, 0.5) is 13.2 Å². The van der Waals surface area contributed by atoms with Crippen molar-refractivity contribution in [1.82, 2.24) is 5.32 Å². The van der Waals surface area contributed by atoms with E-state index in [9.17, 15) is 18.0 Å². The van der Waals surface area contributed by atoms with E-state index in [2.05, 4.69) is 5.32 Å². The molecule has 0 aliphatic rings. The van der Waals surface area contributed by atoms with E-state index in [0.29, 0.717) is 6.42 Å². The monoisotopic (exact) mass is 321 g/mol. The number of alkyl halides is 4. The molecule has 0 spiro atoms. The molecule has 1 aromatic rings. The highest BCUT2D eigenvalue weighted by Crippen LogP contribution is 2.31. The molecule has 1 rings (SSSR count). The van der Waals surface area contributed by atoms with Crippen LogP contribution in [0.5, 0.6) is 0 Å². The van der Waals surface area contributed by atoms with Gasteiger partial charge >= 0.3 is 6.18 Å². The predicted molar refractivity (Wildman–Crippen MR) is 77.5 cm³/mol. The summed E-state index contributed by atoms with van der Waals surface area (Å²) in [5.41, 5.74) is -1.34. The van der Waals surface area contributed by atoms with Gasteiger partial charge in [-0.2, -0.15) is 13.2 Å². The number of nitrogens with one attached hydrogen (secondary N) is 1. The van der Waals surface area contributed by atoms with Gasteiger partial charge < -0.3 is 5.32 Å². The van der Waals surface area contributed by atoms with Crippen LogP contribution in [0, 0.1) is 5.41 Å². The second-order valence-electron chi connectivity index (χ2n) is 6.12. The van der Waals surface area contributed by atoms with Crippen molar-refractivity contribution in [1.29, 1.82) is 0 Å². The third-order valence-electron chi connectivity index (χ3n) is 2.80. The maximum absolute atomic E-state index is 12.8. The van der Waals surface area contributed by atoms with Crippen molar-refractivity contribution in [2.24, 2.45) is 5.41 Å². The molecule has 0 aromatic heterocycles. The molecule has 0 fully saturated rings. The first-order chi connectivity index (χ1) is 9.50. The molecule has 21 heavy (non-hydrogen) atoms. The van der Waals surface area contributed by atoms with Crippen LogP contribution in [-0.4, -0.2) is 17.8 Å². The van der Waals surface area contributed by atoms with Crippen molar-refractivity contribution >= 4 is 17.5 Å². The minimum absolute atomic E-state index is 0.0129. The Labute approximate surface area is 127 Å². The van der Waals surface area contributed by atoms with Crippen molar-refractivity contribution in [3.05, 3.63) is 35.4 Å². The van der Waals surface area contributed by atoms with Gasteiger partial charge in [0, 0.05) is 6.54 Å². The largest absolute Gasteiger partial charge is 0.417 e. The Morgan fingerprint density at radius 3 is 2.33 bits per heavy atom. The molecular formula is C15H19ClF3NO. The third kappa shape index (κ3) is 5.96. The predicted octanol–water partition coefficient (Wildman–Crippen LogP) is 4.48. The van der Waals surface area contributed by atoms with Crippen molar-refractivity contribution < 1.29 is 18.0 Å². The highest BCUT2D eigenvalue weighted by atomic mass is 35.5. The van der Waals surface area contributed by atoms with Gasteiger partial charge in [-0.15, -0.1) is 11.6 Å². The summed E-state index contributed by atoms with van der Waals surface area (Å²) in [5, 5.41) is 2.14. The lowest BCUT2D eigenvalue weighted by atomic mass is 9.90. The standard InChI is InChI=1S/C15H19ClF3NO/c1-14(2,3)8-10(16)9-20-13(21)11-6-4-5-7-12(11)15(17,18)19/h4-7,10H,8-9H2,1-3H3,(H,20,21). The van der Waals surface area contributed by atoms with Gasteiger partial charge in [-0.3, -0.25) is 4.79 Å². The number of carbonyl (C=O) groups is 1. The molecule has 118 valence electrons. The minimum Gasteiger partial charge on any atom is -0.351 e. The summed E-state index contributed by atoms with van der Waals surface area (Å²) in [4.78, 5) is 11.9. The first-order valence-electron chi connectivity index (χ1n) is 6.59. The van der Waals surface area contributed by atoms with E-state index in [4.69, 9.17) is 11.6 Å². The highest BCUT2D eigenvalue weighted by Gasteiger charge is 2.34. The van der Waals surface area contributed by atoms with Gasteiger partial charge in [0.25, 0.3) is 5.91 Å². The van der Waals surface area contributed by atoms with E-state index in [1.165, 1.54) is 12.1 Å². The van der Waals surface area contributed by atoms with Crippen molar-refractivity contribution in [2.75, 3.05) is 6.54 Å². The van der Waals surface area contributed by atoms with Gasteiger partial charge in [-0.1, -0.05) is 32.9 Å². The molecule has 1 aromatic carbocycles. The summed E-state index contributed by atoms with van der Waals surface area (Å²) in [6, 6.07) is 4.70. The van der Waals surface area contributed by atoms with E-state index < -0.39 is 17.6 Å². The average Bonchev–Trinajstić information content (AvgIpc) is 2.33. The molecule has 0 saturated heterocycles. The number of amides is 1. The Kier molecular flexibility index (Phi) is 5.68. The van der Waals surface area contributed by atoms with Crippen molar-refractivity contribution in [2.45, 2.75) is 38.7 Å². The summed E-state index contributed by atoms with van der Waals surface area (Å²) in [5.74, 6) is -0.762.